The second-order valence-electron chi connectivity index (χ2n) is 5.35. The molecule has 1 N–H and O–H groups in total. The lowest BCUT2D eigenvalue weighted by molar-refractivity contribution is -0.151. The van der Waals surface area contributed by atoms with Crippen LogP contribution >= 0.6 is 0 Å². The van der Waals surface area contributed by atoms with Crippen LogP contribution < -0.4 is 5.32 Å². The van der Waals surface area contributed by atoms with Gasteiger partial charge in [-0.1, -0.05) is 6.42 Å². The Bertz CT molecular complexity index is 319. The van der Waals surface area contributed by atoms with Crippen LogP contribution in [0.1, 0.15) is 39.0 Å². The monoisotopic (exact) mass is 268 g/mol. The second kappa shape index (κ2) is 6.89. The van der Waals surface area contributed by atoms with E-state index < -0.39 is 0 Å². The number of carbonyl (C=O) groups excluding carboxylic acids is 2. The number of hydrogen-bond donors (Lipinski definition) is 1. The van der Waals surface area contributed by atoms with Crippen molar-refractivity contribution in [2.75, 3.05) is 26.2 Å². The fourth-order valence-electron chi connectivity index (χ4n) is 2.88. The van der Waals surface area contributed by atoms with Crippen molar-refractivity contribution >= 4 is 11.9 Å². The Kier molecular flexibility index (Phi) is 5.19. The molecule has 5 heteroatoms. The quantitative estimate of drug-likeness (QED) is 0.774. The van der Waals surface area contributed by atoms with Gasteiger partial charge in [-0.2, -0.15) is 0 Å². The molecular weight excluding hydrogens is 244 g/mol. The Morgan fingerprint density at radius 1 is 1.21 bits per heavy atom. The van der Waals surface area contributed by atoms with Gasteiger partial charge in [0.1, 0.15) is 0 Å². The van der Waals surface area contributed by atoms with Crippen LogP contribution in [-0.2, 0) is 14.3 Å². The fraction of sp³-hybridized carbons (Fsp3) is 0.857. The molecule has 1 amide bonds. The van der Waals surface area contributed by atoms with Crippen LogP contribution in [0.4, 0.5) is 0 Å². The molecule has 0 aromatic heterocycles. The summed E-state index contributed by atoms with van der Waals surface area (Å²) in [6.07, 6.45) is 4.70. The van der Waals surface area contributed by atoms with E-state index in [9.17, 15) is 9.59 Å². The number of ether oxygens (including phenoxy) is 1. The third kappa shape index (κ3) is 3.69. The lowest BCUT2D eigenvalue weighted by atomic mass is 9.95. The Balaban J connectivity index is 1.79. The molecule has 108 valence electrons. The van der Waals surface area contributed by atoms with Crippen LogP contribution in [0, 0.1) is 5.92 Å². The third-order valence-corrected chi connectivity index (χ3v) is 4.03. The number of esters is 1. The molecule has 0 aliphatic carbocycles. The second-order valence-corrected chi connectivity index (χ2v) is 5.35. The standard InChI is InChI=1S/C14H24N2O3/c1-2-19-14(18)11-6-9-16(10-7-11)13(17)12-5-3-4-8-15-12/h11-12,15H,2-10H2,1H3. The van der Waals surface area contributed by atoms with E-state index in [0.717, 1.165) is 38.6 Å². The lowest BCUT2D eigenvalue weighted by Crippen LogP contribution is -2.51. The average molecular weight is 268 g/mol. The Hall–Kier alpha value is -1.10. The van der Waals surface area contributed by atoms with E-state index >= 15 is 0 Å². The minimum Gasteiger partial charge on any atom is -0.466 e. The highest BCUT2D eigenvalue weighted by Gasteiger charge is 2.31. The van der Waals surface area contributed by atoms with Crippen molar-refractivity contribution in [2.45, 2.75) is 45.1 Å². The molecule has 0 aromatic rings. The number of nitrogens with zero attached hydrogens (tertiary/aromatic N) is 1. The fourth-order valence-corrected chi connectivity index (χ4v) is 2.88. The first-order chi connectivity index (χ1) is 9.22. The van der Waals surface area contributed by atoms with E-state index in [0.29, 0.717) is 19.7 Å². The van der Waals surface area contributed by atoms with E-state index in [4.69, 9.17) is 4.74 Å². The third-order valence-electron chi connectivity index (χ3n) is 4.03. The molecule has 2 aliphatic rings. The summed E-state index contributed by atoms with van der Waals surface area (Å²) in [5.74, 6) is 0.0794. The van der Waals surface area contributed by atoms with Crippen LogP contribution in [-0.4, -0.2) is 49.1 Å². The van der Waals surface area contributed by atoms with E-state index in [-0.39, 0.29) is 23.8 Å². The van der Waals surface area contributed by atoms with Crippen LogP contribution in [0.15, 0.2) is 0 Å². The van der Waals surface area contributed by atoms with Gasteiger partial charge in [-0.05, 0) is 39.2 Å². The predicted octanol–water partition coefficient (Wildman–Crippen LogP) is 0.930. The molecule has 0 saturated carbocycles. The molecule has 5 nitrogen and oxygen atoms in total. The summed E-state index contributed by atoms with van der Waals surface area (Å²) in [6.45, 7) is 4.56. The van der Waals surface area contributed by atoms with Crippen molar-refractivity contribution in [3.63, 3.8) is 0 Å². The number of carbonyl (C=O) groups is 2. The van der Waals surface area contributed by atoms with Crippen molar-refractivity contribution in [1.82, 2.24) is 10.2 Å². The normalized spacial score (nSPS) is 25.1. The van der Waals surface area contributed by atoms with E-state index in [1.165, 1.54) is 0 Å². The maximum absolute atomic E-state index is 12.3. The number of amides is 1. The van der Waals surface area contributed by atoms with Crippen molar-refractivity contribution in [3.05, 3.63) is 0 Å². The Labute approximate surface area is 114 Å². The van der Waals surface area contributed by atoms with Gasteiger partial charge in [0, 0.05) is 13.1 Å². The zero-order valence-corrected chi connectivity index (χ0v) is 11.7. The van der Waals surface area contributed by atoms with Gasteiger partial charge in [0.15, 0.2) is 0 Å². The average Bonchev–Trinajstić information content (AvgIpc) is 2.48. The zero-order valence-electron chi connectivity index (χ0n) is 11.7. The molecule has 2 rings (SSSR count). The molecule has 0 radical (unpaired) electrons. The van der Waals surface area contributed by atoms with Gasteiger partial charge in [-0.25, -0.2) is 0 Å². The maximum Gasteiger partial charge on any atom is 0.309 e. The van der Waals surface area contributed by atoms with E-state index in [1.807, 2.05) is 11.8 Å². The largest absolute Gasteiger partial charge is 0.466 e. The number of rotatable bonds is 3. The number of hydrogen-bond acceptors (Lipinski definition) is 4. The molecular formula is C14H24N2O3. The summed E-state index contributed by atoms with van der Waals surface area (Å²) in [6, 6.07) is -0.00658. The Morgan fingerprint density at radius 2 is 1.95 bits per heavy atom. The molecule has 2 fully saturated rings. The number of piperidine rings is 2. The van der Waals surface area contributed by atoms with Crippen molar-refractivity contribution < 1.29 is 14.3 Å². The van der Waals surface area contributed by atoms with Gasteiger partial charge in [-0.3, -0.25) is 9.59 Å². The SMILES string of the molecule is CCOC(=O)C1CCN(C(=O)C2CCCCN2)CC1. The topological polar surface area (TPSA) is 58.6 Å². The molecule has 0 bridgehead atoms. The van der Waals surface area contributed by atoms with Crippen molar-refractivity contribution in [1.29, 1.82) is 0 Å². The summed E-state index contributed by atoms with van der Waals surface area (Å²) in [7, 11) is 0. The first kappa shape index (κ1) is 14.3. The smallest absolute Gasteiger partial charge is 0.309 e. The van der Waals surface area contributed by atoms with Crippen LogP contribution in [0.5, 0.6) is 0 Å². The Morgan fingerprint density at radius 3 is 2.53 bits per heavy atom. The summed E-state index contributed by atoms with van der Waals surface area (Å²) in [4.78, 5) is 25.8. The first-order valence-electron chi connectivity index (χ1n) is 7.41. The van der Waals surface area contributed by atoms with E-state index in [1.54, 1.807) is 0 Å². The van der Waals surface area contributed by atoms with Gasteiger partial charge in [0.25, 0.3) is 0 Å². The number of nitrogens with one attached hydrogen (secondary N) is 1. The van der Waals surface area contributed by atoms with Gasteiger partial charge >= 0.3 is 5.97 Å². The van der Waals surface area contributed by atoms with Crippen LogP contribution in [0.2, 0.25) is 0 Å². The highest BCUT2D eigenvalue weighted by Crippen LogP contribution is 2.20. The van der Waals surface area contributed by atoms with Gasteiger partial charge in [0.2, 0.25) is 5.91 Å². The van der Waals surface area contributed by atoms with Gasteiger partial charge in [0.05, 0.1) is 18.6 Å². The molecule has 1 atom stereocenters. The molecule has 2 heterocycles. The predicted molar refractivity (Wildman–Crippen MR) is 71.6 cm³/mol. The molecule has 0 spiro atoms. The van der Waals surface area contributed by atoms with Gasteiger partial charge in [-0.15, -0.1) is 0 Å². The first-order valence-corrected chi connectivity index (χ1v) is 7.41. The molecule has 1 unspecified atom stereocenters. The summed E-state index contributed by atoms with van der Waals surface area (Å²) >= 11 is 0. The minimum atomic E-state index is -0.106. The lowest BCUT2D eigenvalue weighted by Gasteiger charge is -2.34. The maximum atomic E-state index is 12.3. The van der Waals surface area contributed by atoms with Gasteiger partial charge < -0.3 is 15.0 Å². The van der Waals surface area contributed by atoms with Crippen LogP contribution in [0.25, 0.3) is 0 Å². The van der Waals surface area contributed by atoms with Crippen LogP contribution in [0.3, 0.4) is 0 Å². The van der Waals surface area contributed by atoms with Crippen molar-refractivity contribution in [3.8, 4) is 0 Å². The highest BCUT2D eigenvalue weighted by molar-refractivity contribution is 5.82. The zero-order chi connectivity index (χ0) is 13.7. The van der Waals surface area contributed by atoms with Crippen molar-refractivity contribution in [2.24, 2.45) is 5.92 Å². The highest BCUT2D eigenvalue weighted by atomic mass is 16.5. The summed E-state index contributed by atoms with van der Waals surface area (Å²) in [5, 5.41) is 3.29. The minimum absolute atomic E-state index is 0.00658. The molecule has 2 aliphatic heterocycles. The molecule has 2 saturated heterocycles. The molecule has 0 aromatic carbocycles. The van der Waals surface area contributed by atoms with E-state index in [2.05, 4.69) is 5.32 Å². The summed E-state index contributed by atoms with van der Waals surface area (Å²) < 4.78 is 5.04. The number of likely N-dealkylation sites (tertiary alicyclic amines) is 1. The molecule has 19 heavy (non-hydrogen) atoms. The summed E-state index contributed by atoms with van der Waals surface area (Å²) in [5.41, 5.74) is 0.